The zero-order valence-electron chi connectivity index (χ0n) is 12.5. The Kier molecular flexibility index (Phi) is 4.13. The molecule has 0 amide bonds. The summed E-state index contributed by atoms with van der Waals surface area (Å²) < 4.78 is 6.01. The highest BCUT2D eigenvalue weighted by atomic mass is 16.5. The van der Waals surface area contributed by atoms with Gasteiger partial charge in [-0.15, -0.1) is 0 Å². The third-order valence-corrected chi connectivity index (χ3v) is 3.63. The molecule has 0 aromatic rings. The molecular weight excluding hydrogens is 230 g/mol. The summed E-state index contributed by atoms with van der Waals surface area (Å²) in [4.78, 5) is 13.6. The third kappa shape index (κ3) is 3.69. The quantitative estimate of drug-likeness (QED) is 0.840. The topological polar surface area (TPSA) is 49.8 Å². The van der Waals surface area contributed by atoms with Gasteiger partial charge in [-0.3, -0.25) is 9.69 Å². The molecule has 1 N–H and O–H groups in total. The summed E-state index contributed by atoms with van der Waals surface area (Å²) in [6.45, 7) is 14.1. The van der Waals surface area contributed by atoms with Gasteiger partial charge < -0.3 is 9.84 Å². The number of nitrogens with zero attached hydrogens (tertiary/aromatic N) is 1. The lowest BCUT2D eigenvalue weighted by atomic mass is 9.85. The molecule has 4 nitrogen and oxygen atoms in total. The largest absolute Gasteiger partial charge is 0.481 e. The number of rotatable bonds is 4. The molecule has 18 heavy (non-hydrogen) atoms. The number of carbonyl (C=O) groups is 1. The van der Waals surface area contributed by atoms with Crippen LogP contribution in [0.4, 0.5) is 0 Å². The lowest BCUT2D eigenvalue weighted by Crippen LogP contribution is -2.59. The van der Waals surface area contributed by atoms with Gasteiger partial charge in [0.25, 0.3) is 0 Å². The van der Waals surface area contributed by atoms with Crippen molar-refractivity contribution in [2.45, 2.75) is 59.2 Å². The molecule has 106 valence electrons. The summed E-state index contributed by atoms with van der Waals surface area (Å²) in [6.07, 6.45) is 0.639. The smallest absolute Gasteiger partial charge is 0.310 e. The van der Waals surface area contributed by atoms with Crippen LogP contribution < -0.4 is 0 Å². The maximum atomic E-state index is 11.4. The van der Waals surface area contributed by atoms with Crippen molar-refractivity contribution < 1.29 is 14.6 Å². The first-order valence-electron chi connectivity index (χ1n) is 6.66. The van der Waals surface area contributed by atoms with Crippen LogP contribution in [0.1, 0.15) is 48.0 Å². The van der Waals surface area contributed by atoms with Gasteiger partial charge in [-0.05, 0) is 41.0 Å². The highest BCUT2D eigenvalue weighted by Gasteiger charge is 2.42. The fourth-order valence-electron chi connectivity index (χ4n) is 2.88. The van der Waals surface area contributed by atoms with E-state index in [4.69, 9.17) is 4.74 Å². The SMILES string of the molecule is CCC(C)(CN1CC(C)(C)OC(C)(C)C1)C(=O)O. The predicted octanol–water partition coefficient (Wildman–Crippen LogP) is 2.38. The van der Waals surface area contributed by atoms with Crippen molar-refractivity contribution in [1.29, 1.82) is 0 Å². The van der Waals surface area contributed by atoms with Crippen molar-refractivity contribution in [3.63, 3.8) is 0 Å². The zero-order chi connectivity index (χ0) is 14.2. The Hall–Kier alpha value is -0.610. The summed E-state index contributed by atoms with van der Waals surface area (Å²) in [5.74, 6) is -0.716. The molecule has 0 bridgehead atoms. The van der Waals surface area contributed by atoms with Gasteiger partial charge in [0, 0.05) is 19.6 Å². The zero-order valence-corrected chi connectivity index (χ0v) is 12.5. The fraction of sp³-hybridized carbons (Fsp3) is 0.929. The number of hydrogen-bond donors (Lipinski definition) is 1. The summed E-state index contributed by atoms with van der Waals surface area (Å²) in [6, 6.07) is 0. The van der Waals surface area contributed by atoms with Crippen LogP contribution in [0, 0.1) is 5.41 Å². The van der Waals surface area contributed by atoms with E-state index in [0.717, 1.165) is 13.1 Å². The maximum Gasteiger partial charge on any atom is 0.310 e. The first-order valence-corrected chi connectivity index (χ1v) is 6.66. The Labute approximate surface area is 110 Å². The maximum absolute atomic E-state index is 11.4. The van der Waals surface area contributed by atoms with E-state index in [1.54, 1.807) is 0 Å². The monoisotopic (exact) mass is 257 g/mol. The van der Waals surface area contributed by atoms with Crippen LogP contribution in [0.25, 0.3) is 0 Å². The standard InChI is InChI=1S/C14H27NO3/c1-7-14(6,11(16)17)10-15-8-12(2,3)18-13(4,5)9-15/h7-10H2,1-6H3,(H,16,17). The second-order valence-corrected chi connectivity index (χ2v) is 6.99. The number of aliphatic carboxylic acids is 1. The van der Waals surface area contributed by atoms with Gasteiger partial charge in [0.1, 0.15) is 0 Å². The van der Waals surface area contributed by atoms with Crippen molar-refractivity contribution in [2.75, 3.05) is 19.6 Å². The fourth-order valence-corrected chi connectivity index (χ4v) is 2.88. The molecule has 1 aliphatic heterocycles. The molecule has 1 saturated heterocycles. The van der Waals surface area contributed by atoms with Gasteiger partial charge in [0.2, 0.25) is 0 Å². The normalized spacial score (nSPS) is 26.6. The second kappa shape index (κ2) is 4.82. The summed E-state index contributed by atoms with van der Waals surface area (Å²) in [7, 11) is 0. The molecule has 1 aliphatic rings. The molecule has 1 atom stereocenters. The average Bonchev–Trinajstić information content (AvgIpc) is 2.11. The van der Waals surface area contributed by atoms with Crippen molar-refractivity contribution >= 4 is 5.97 Å². The van der Waals surface area contributed by atoms with Crippen LogP contribution in [-0.2, 0) is 9.53 Å². The average molecular weight is 257 g/mol. The Morgan fingerprint density at radius 2 is 1.72 bits per heavy atom. The Balaban J connectivity index is 2.81. The van der Waals surface area contributed by atoms with Crippen LogP contribution in [0.15, 0.2) is 0 Å². The van der Waals surface area contributed by atoms with E-state index in [1.165, 1.54) is 0 Å². The number of carboxylic acid groups (broad SMARTS) is 1. The lowest BCUT2D eigenvalue weighted by molar-refractivity contribution is -0.187. The van der Waals surface area contributed by atoms with E-state index < -0.39 is 11.4 Å². The minimum Gasteiger partial charge on any atom is -0.481 e. The van der Waals surface area contributed by atoms with Crippen molar-refractivity contribution in [2.24, 2.45) is 5.41 Å². The number of ether oxygens (including phenoxy) is 1. The van der Waals surface area contributed by atoms with Crippen LogP contribution in [0.2, 0.25) is 0 Å². The lowest BCUT2D eigenvalue weighted by Gasteiger charge is -2.48. The molecule has 1 rings (SSSR count). The van der Waals surface area contributed by atoms with Crippen molar-refractivity contribution in [3.05, 3.63) is 0 Å². The first-order chi connectivity index (χ1) is 8.00. The molecule has 0 aromatic carbocycles. The van der Waals surface area contributed by atoms with E-state index in [9.17, 15) is 9.90 Å². The molecule has 4 heteroatoms. The van der Waals surface area contributed by atoms with Gasteiger partial charge in [-0.25, -0.2) is 0 Å². The van der Waals surface area contributed by atoms with Gasteiger partial charge in [0.05, 0.1) is 16.6 Å². The van der Waals surface area contributed by atoms with Gasteiger partial charge in [-0.1, -0.05) is 6.92 Å². The number of morpholine rings is 1. The summed E-state index contributed by atoms with van der Waals surface area (Å²) in [5.41, 5.74) is -1.13. The van der Waals surface area contributed by atoms with Crippen LogP contribution in [0.5, 0.6) is 0 Å². The van der Waals surface area contributed by atoms with Crippen molar-refractivity contribution in [3.8, 4) is 0 Å². The van der Waals surface area contributed by atoms with Gasteiger partial charge >= 0.3 is 5.97 Å². The van der Waals surface area contributed by atoms with E-state index in [2.05, 4.69) is 32.6 Å². The number of carboxylic acids is 1. The van der Waals surface area contributed by atoms with Crippen LogP contribution in [-0.4, -0.2) is 46.8 Å². The Morgan fingerprint density at radius 1 is 1.28 bits per heavy atom. The minimum atomic E-state index is -0.716. The second-order valence-electron chi connectivity index (χ2n) is 6.99. The van der Waals surface area contributed by atoms with E-state index in [-0.39, 0.29) is 11.2 Å². The predicted molar refractivity (Wildman–Crippen MR) is 71.7 cm³/mol. The van der Waals surface area contributed by atoms with Crippen LogP contribution in [0.3, 0.4) is 0 Å². The van der Waals surface area contributed by atoms with E-state index in [0.29, 0.717) is 13.0 Å². The minimum absolute atomic E-state index is 0.227. The highest BCUT2D eigenvalue weighted by Crippen LogP contribution is 2.31. The molecule has 0 aromatic heterocycles. The summed E-state index contributed by atoms with van der Waals surface area (Å²) in [5, 5.41) is 9.37. The molecule has 1 fully saturated rings. The van der Waals surface area contributed by atoms with Gasteiger partial charge in [0.15, 0.2) is 0 Å². The Morgan fingerprint density at radius 3 is 2.06 bits per heavy atom. The molecule has 1 heterocycles. The highest BCUT2D eigenvalue weighted by molar-refractivity contribution is 5.74. The molecule has 0 saturated carbocycles. The van der Waals surface area contributed by atoms with E-state index >= 15 is 0 Å². The molecule has 0 aliphatic carbocycles. The molecule has 1 unspecified atom stereocenters. The third-order valence-electron chi connectivity index (χ3n) is 3.63. The Bertz CT molecular complexity index is 309. The molecule has 0 spiro atoms. The van der Waals surface area contributed by atoms with Gasteiger partial charge in [-0.2, -0.15) is 0 Å². The first kappa shape index (κ1) is 15.4. The summed E-state index contributed by atoms with van der Waals surface area (Å²) >= 11 is 0. The molecule has 0 radical (unpaired) electrons. The van der Waals surface area contributed by atoms with E-state index in [1.807, 2.05) is 13.8 Å². The van der Waals surface area contributed by atoms with Crippen molar-refractivity contribution in [1.82, 2.24) is 4.90 Å². The number of hydrogen-bond acceptors (Lipinski definition) is 3. The molecular formula is C14H27NO3. The van der Waals surface area contributed by atoms with Crippen LogP contribution >= 0.6 is 0 Å².